The van der Waals surface area contributed by atoms with Gasteiger partial charge in [0.15, 0.2) is 0 Å². The molecule has 86 valence electrons. The zero-order valence-corrected chi connectivity index (χ0v) is 9.84. The lowest BCUT2D eigenvalue weighted by molar-refractivity contribution is 0.373. The van der Waals surface area contributed by atoms with Crippen LogP contribution in [0.1, 0.15) is 22.5 Å². The molecule has 0 atom stereocenters. The molecular formula is C13H13N3O. The van der Waals surface area contributed by atoms with Gasteiger partial charge in [-0.25, -0.2) is 0 Å². The molecule has 1 aliphatic heterocycles. The van der Waals surface area contributed by atoms with Gasteiger partial charge < -0.3 is 4.74 Å². The third-order valence-electron chi connectivity index (χ3n) is 2.97. The Morgan fingerprint density at radius 1 is 1.29 bits per heavy atom. The highest BCUT2D eigenvalue weighted by atomic mass is 16.5. The molecule has 0 radical (unpaired) electrons. The smallest absolute Gasteiger partial charge is 0.320 e. The van der Waals surface area contributed by atoms with E-state index in [0.29, 0.717) is 6.01 Å². The summed E-state index contributed by atoms with van der Waals surface area (Å²) in [5.74, 6) is 0.903. The van der Waals surface area contributed by atoms with Crippen LogP contribution in [0, 0.1) is 6.92 Å². The first-order valence-electron chi connectivity index (χ1n) is 5.53. The molecule has 0 amide bonds. The number of rotatable bonds is 1. The van der Waals surface area contributed by atoms with Gasteiger partial charge in [0.1, 0.15) is 5.82 Å². The number of hydrogen-bond donors (Lipinski definition) is 0. The summed E-state index contributed by atoms with van der Waals surface area (Å²) in [4.78, 5) is 0. The van der Waals surface area contributed by atoms with Crippen LogP contribution < -0.4 is 4.74 Å². The Morgan fingerprint density at radius 2 is 2.18 bits per heavy atom. The summed E-state index contributed by atoms with van der Waals surface area (Å²) in [7, 11) is 1.60. The van der Waals surface area contributed by atoms with E-state index in [1.807, 2.05) is 10.8 Å². The van der Waals surface area contributed by atoms with Crippen LogP contribution in [-0.4, -0.2) is 21.9 Å². The molecule has 17 heavy (non-hydrogen) atoms. The molecule has 2 heterocycles. The summed E-state index contributed by atoms with van der Waals surface area (Å²) in [5, 5.41) is 8.13. The van der Waals surface area contributed by atoms with E-state index in [0.717, 1.165) is 12.2 Å². The van der Waals surface area contributed by atoms with Crippen molar-refractivity contribution in [3.05, 3.63) is 40.7 Å². The van der Waals surface area contributed by atoms with Gasteiger partial charge in [-0.2, -0.15) is 0 Å². The largest absolute Gasteiger partial charge is 0.467 e. The van der Waals surface area contributed by atoms with Gasteiger partial charge in [0.25, 0.3) is 0 Å². The Morgan fingerprint density at radius 3 is 3.00 bits per heavy atom. The standard InChI is InChI=1S/C13H13N3O/c1-9-3-4-10-8-12-14-15-13(17-2)16(12)6-5-11(10)7-9/h3-7H,8H2,1-2H3. The predicted octanol–water partition coefficient (Wildman–Crippen LogP) is 2.13. The number of nitrogens with zero attached hydrogens (tertiary/aromatic N) is 3. The van der Waals surface area contributed by atoms with E-state index in [1.54, 1.807) is 7.11 Å². The van der Waals surface area contributed by atoms with Crippen LogP contribution in [0.25, 0.3) is 12.3 Å². The first-order valence-corrected chi connectivity index (χ1v) is 5.53. The van der Waals surface area contributed by atoms with Gasteiger partial charge in [0.05, 0.1) is 7.11 Å². The van der Waals surface area contributed by atoms with Gasteiger partial charge >= 0.3 is 6.01 Å². The maximum absolute atomic E-state index is 5.17. The molecule has 1 aromatic heterocycles. The van der Waals surface area contributed by atoms with Crippen molar-refractivity contribution in [3.63, 3.8) is 0 Å². The topological polar surface area (TPSA) is 39.9 Å². The molecule has 3 rings (SSSR count). The van der Waals surface area contributed by atoms with Crippen LogP contribution in [-0.2, 0) is 6.42 Å². The second kappa shape index (κ2) is 3.73. The van der Waals surface area contributed by atoms with E-state index >= 15 is 0 Å². The van der Waals surface area contributed by atoms with Crippen molar-refractivity contribution < 1.29 is 4.74 Å². The lowest BCUT2D eigenvalue weighted by Gasteiger charge is -2.03. The summed E-state index contributed by atoms with van der Waals surface area (Å²) in [6.07, 6.45) is 4.81. The van der Waals surface area contributed by atoms with Gasteiger partial charge in [-0.3, -0.25) is 4.57 Å². The fraction of sp³-hybridized carbons (Fsp3) is 0.231. The summed E-state index contributed by atoms with van der Waals surface area (Å²) >= 11 is 0. The van der Waals surface area contributed by atoms with E-state index in [4.69, 9.17) is 4.74 Å². The monoisotopic (exact) mass is 227 g/mol. The normalized spacial score (nSPS) is 12.8. The van der Waals surface area contributed by atoms with Crippen molar-refractivity contribution in [2.45, 2.75) is 13.3 Å². The Bertz CT molecular complexity index is 599. The van der Waals surface area contributed by atoms with E-state index in [2.05, 4.69) is 41.4 Å². The first kappa shape index (κ1) is 10.1. The number of aromatic nitrogens is 3. The quantitative estimate of drug-likeness (QED) is 0.639. The van der Waals surface area contributed by atoms with Crippen LogP contribution in [0.2, 0.25) is 0 Å². The summed E-state index contributed by atoms with van der Waals surface area (Å²) in [6, 6.07) is 6.97. The van der Waals surface area contributed by atoms with Gasteiger partial charge in [-0.15, -0.1) is 5.10 Å². The SMILES string of the molecule is COc1nnc2n1C=Cc1cc(C)ccc1C2. The summed E-state index contributed by atoms with van der Waals surface area (Å²) in [6.45, 7) is 2.10. The van der Waals surface area contributed by atoms with E-state index < -0.39 is 0 Å². The maximum atomic E-state index is 5.17. The fourth-order valence-electron chi connectivity index (χ4n) is 2.07. The molecular weight excluding hydrogens is 214 g/mol. The average molecular weight is 227 g/mol. The lowest BCUT2D eigenvalue weighted by Crippen LogP contribution is -1.98. The Labute approximate surface area is 99.6 Å². The zero-order valence-electron chi connectivity index (χ0n) is 9.84. The highest BCUT2D eigenvalue weighted by Gasteiger charge is 2.15. The summed E-state index contributed by atoms with van der Waals surface area (Å²) in [5.41, 5.74) is 3.76. The average Bonchev–Trinajstić information content (AvgIpc) is 2.63. The number of aryl methyl sites for hydroxylation is 1. The molecule has 0 saturated heterocycles. The minimum absolute atomic E-state index is 0.528. The molecule has 1 aliphatic rings. The van der Waals surface area contributed by atoms with Gasteiger partial charge in [0, 0.05) is 12.6 Å². The van der Waals surface area contributed by atoms with Crippen molar-refractivity contribution >= 4 is 12.3 Å². The van der Waals surface area contributed by atoms with Gasteiger partial charge in [-0.1, -0.05) is 28.9 Å². The molecule has 0 fully saturated rings. The van der Waals surface area contributed by atoms with Gasteiger partial charge in [0.2, 0.25) is 0 Å². The zero-order chi connectivity index (χ0) is 11.8. The molecule has 0 saturated carbocycles. The van der Waals surface area contributed by atoms with Crippen LogP contribution in [0.5, 0.6) is 6.01 Å². The van der Waals surface area contributed by atoms with Crippen LogP contribution in [0.15, 0.2) is 18.2 Å². The van der Waals surface area contributed by atoms with Gasteiger partial charge in [-0.05, 0) is 24.1 Å². The third-order valence-corrected chi connectivity index (χ3v) is 2.97. The lowest BCUT2D eigenvalue weighted by atomic mass is 10.0. The number of methoxy groups -OCH3 is 1. The van der Waals surface area contributed by atoms with Crippen LogP contribution >= 0.6 is 0 Å². The second-order valence-electron chi connectivity index (χ2n) is 4.17. The van der Waals surface area contributed by atoms with Crippen molar-refractivity contribution in [3.8, 4) is 6.01 Å². The Kier molecular flexibility index (Phi) is 2.21. The number of fused-ring (bicyclic) bond motifs is 2. The van der Waals surface area contributed by atoms with Crippen molar-refractivity contribution in [2.24, 2.45) is 0 Å². The molecule has 0 aliphatic carbocycles. The molecule has 0 unspecified atom stereocenters. The summed E-state index contributed by atoms with van der Waals surface area (Å²) < 4.78 is 7.05. The Hall–Kier alpha value is -2.10. The molecule has 0 N–H and O–H groups in total. The van der Waals surface area contributed by atoms with Crippen molar-refractivity contribution in [1.29, 1.82) is 0 Å². The first-order chi connectivity index (χ1) is 8.28. The minimum Gasteiger partial charge on any atom is -0.467 e. The highest BCUT2D eigenvalue weighted by Crippen LogP contribution is 2.23. The maximum Gasteiger partial charge on any atom is 0.320 e. The molecule has 0 spiro atoms. The molecule has 1 aromatic carbocycles. The van der Waals surface area contributed by atoms with E-state index in [1.165, 1.54) is 16.7 Å². The minimum atomic E-state index is 0.528. The number of ether oxygens (including phenoxy) is 1. The van der Waals surface area contributed by atoms with Crippen molar-refractivity contribution in [2.75, 3.05) is 7.11 Å². The van der Waals surface area contributed by atoms with E-state index in [9.17, 15) is 0 Å². The molecule has 4 heteroatoms. The fourth-order valence-corrected chi connectivity index (χ4v) is 2.07. The third kappa shape index (κ3) is 1.62. The molecule has 0 bridgehead atoms. The Balaban J connectivity index is 2.13. The van der Waals surface area contributed by atoms with Crippen LogP contribution in [0.4, 0.5) is 0 Å². The molecule has 2 aromatic rings. The molecule has 4 nitrogen and oxygen atoms in total. The number of hydrogen-bond acceptors (Lipinski definition) is 3. The van der Waals surface area contributed by atoms with Crippen LogP contribution in [0.3, 0.4) is 0 Å². The number of benzene rings is 1. The van der Waals surface area contributed by atoms with Crippen molar-refractivity contribution in [1.82, 2.24) is 14.8 Å². The predicted molar refractivity (Wildman–Crippen MR) is 65.8 cm³/mol. The van der Waals surface area contributed by atoms with E-state index in [-0.39, 0.29) is 0 Å². The highest BCUT2D eigenvalue weighted by molar-refractivity contribution is 5.66. The second-order valence-corrected chi connectivity index (χ2v) is 4.17.